The van der Waals surface area contributed by atoms with Crippen LogP contribution in [0, 0.1) is 24.3 Å². The Morgan fingerprint density at radius 2 is 2.15 bits per heavy atom. The zero-order valence-electron chi connectivity index (χ0n) is 11.7. The average molecular weight is 439 g/mol. The minimum atomic E-state index is -0.641. The molecule has 0 saturated heterocycles. The molecule has 1 aromatic carbocycles. The molecule has 0 bridgehead atoms. The fourth-order valence-corrected chi connectivity index (χ4v) is 2.64. The molecule has 2 rings (SSSR count). The Hall–Kier alpha value is -1.13. The Labute approximate surface area is 135 Å². The second-order valence-corrected chi connectivity index (χ2v) is 5.31. The van der Waals surface area contributed by atoms with Gasteiger partial charge in [0.05, 0.1) is 6.07 Å². The quantitative estimate of drug-likeness (QED) is 0.737. The van der Waals surface area contributed by atoms with Crippen LogP contribution in [0.1, 0.15) is 43.2 Å². The molecular formula is C16H19N2OW-. The molecule has 0 radical (unpaired) electrons. The van der Waals surface area contributed by atoms with E-state index < -0.39 is 5.54 Å². The summed E-state index contributed by atoms with van der Waals surface area (Å²) in [6, 6.07) is 11.1. The van der Waals surface area contributed by atoms with Gasteiger partial charge in [-0.05, 0) is 12.8 Å². The number of carbonyl (C=O) groups excluding carboxylic acids is 1. The first-order valence-electron chi connectivity index (χ1n) is 6.84. The van der Waals surface area contributed by atoms with Gasteiger partial charge in [0.15, 0.2) is 0 Å². The number of hydrogen-bond donors (Lipinski definition) is 1. The van der Waals surface area contributed by atoms with E-state index in [4.69, 9.17) is 0 Å². The number of amides is 1. The summed E-state index contributed by atoms with van der Waals surface area (Å²) in [6.45, 7) is 1.97. The van der Waals surface area contributed by atoms with Crippen molar-refractivity contribution in [2.45, 2.75) is 51.0 Å². The van der Waals surface area contributed by atoms with Gasteiger partial charge in [-0.1, -0.05) is 26.2 Å². The molecule has 106 valence electrons. The van der Waals surface area contributed by atoms with Gasteiger partial charge in [-0.15, -0.1) is 0 Å². The normalized spacial score (nSPS) is 16.6. The Morgan fingerprint density at radius 1 is 1.45 bits per heavy atom. The third-order valence-corrected chi connectivity index (χ3v) is 3.81. The summed E-state index contributed by atoms with van der Waals surface area (Å²) in [6.07, 6.45) is 5.04. The van der Waals surface area contributed by atoms with Crippen molar-refractivity contribution in [1.82, 2.24) is 5.32 Å². The number of nitriles is 1. The molecule has 1 aromatic rings. The minimum Gasteiger partial charge on any atom is -0.338 e. The van der Waals surface area contributed by atoms with Gasteiger partial charge in [0, 0.05) is 27.5 Å². The predicted octanol–water partition coefficient (Wildman–Crippen LogP) is 2.68. The van der Waals surface area contributed by atoms with Crippen LogP contribution in [-0.2, 0) is 32.3 Å². The van der Waals surface area contributed by atoms with Crippen molar-refractivity contribution in [2.24, 2.45) is 0 Å². The van der Waals surface area contributed by atoms with Gasteiger partial charge in [-0.2, -0.15) is 40.7 Å². The molecular weight excluding hydrogens is 420 g/mol. The standard InChI is InChI=1S/C16H19N2O.W/c1-13-7-3-4-8-14(13)11-15(19)18-16(12-17)9-5-2-6-10-16;/h3-4,7H,2,5-6,9-11H2,1H3,(H,18,19);/q-1;. The van der Waals surface area contributed by atoms with E-state index in [1.807, 2.05) is 25.1 Å². The number of hydrogen-bond acceptors (Lipinski definition) is 2. The second kappa shape index (κ2) is 7.60. The molecule has 1 aliphatic carbocycles. The van der Waals surface area contributed by atoms with Crippen LogP contribution in [0.3, 0.4) is 0 Å². The maximum absolute atomic E-state index is 12.1. The molecule has 1 aliphatic rings. The van der Waals surface area contributed by atoms with Gasteiger partial charge in [0.1, 0.15) is 5.54 Å². The van der Waals surface area contributed by atoms with Crippen LogP contribution in [0.25, 0.3) is 0 Å². The van der Waals surface area contributed by atoms with Crippen LogP contribution in [0.2, 0.25) is 0 Å². The van der Waals surface area contributed by atoms with E-state index >= 15 is 0 Å². The van der Waals surface area contributed by atoms with Crippen LogP contribution >= 0.6 is 0 Å². The molecule has 1 N–H and O–H groups in total. The van der Waals surface area contributed by atoms with Crippen molar-refractivity contribution in [1.29, 1.82) is 5.26 Å². The van der Waals surface area contributed by atoms with E-state index in [0.29, 0.717) is 6.42 Å². The third-order valence-electron chi connectivity index (χ3n) is 3.81. The maximum atomic E-state index is 12.1. The predicted molar refractivity (Wildman–Crippen MR) is 73.3 cm³/mol. The topological polar surface area (TPSA) is 52.9 Å². The van der Waals surface area contributed by atoms with Crippen LogP contribution in [0.15, 0.2) is 18.2 Å². The monoisotopic (exact) mass is 439 g/mol. The Kier molecular flexibility index (Phi) is 6.43. The Balaban J connectivity index is 0.00000200. The van der Waals surface area contributed by atoms with Crippen molar-refractivity contribution < 1.29 is 25.9 Å². The van der Waals surface area contributed by atoms with Crippen molar-refractivity contribution >= 4 is 5.91 Å². The van der Waals surface area contributed by atoms with E-state index in [1.54, 1.807) is 0 Å². The SMILES string of the molecule is Cc1ccc[c-]c1CC(=O)NC1(C#N)CCCCC1.[W]. The summed E-state index contributed by atoms with van der Waals surface area (Å²) in [5.41, 5.74) is 1.33. The molecule has 4 heteroatoms. The summed E-state index contributed by atoms with van der Waals surface area (Å²) in [7, 11) is 0. The molecule has 3 nitrogen and oxygen atoms in total. The summed E-state index contributed by atoms with van der Waals surface area (Å²) in [5.74, 6) is -0.0750. The van der Waals surface area contributed by atoms with Crippen LogP contribution < -0.4 is 5.32 Å². The number of carbonyl (C=O) groups is 1. The molecule has 1 saturated carbocycles. The van der Waals surface area contributed by atoms with Crippen molar-refractivity contribution in [3.05, 3.63) is 35.4 Å². The van der Waals surface area contributed by atoms with E-state index in [-0.39, 0.29) is 27.0 Å². The summed E-state index contributed by atoms with van der Waals surface area (Å²) >= 11 is 0. The number of nitrogens with zero attached hydrogens (tertiary/aromatic N) is 1. The fourth-order valence-electron chi connectivity index (χ4n) is 2.64. The molecule has 20 heavy (non-hydrogen) atoms. The maximum Gasteiger partial charge on any atom is 0.223 e. The second-order valence-electron chi connectivity index (χ2n) is 5.31. The summed E-state index contributed by atoms with van der Waals surface area (Å²) in [5, 5.41) is 12.3. The number of rotatable bonds is 3. The largest absolute Gasteiger partial charge is 0.338 e. The van der Waals surface area contributed by atoms with Gasteiger partial charge < -0.3 is 5.32 Å². The number of benzene rings is 1. The van der Waals surface area contributed by atoms with Gasteiger partial charge in [0.2, 0.25) is 5.91 Å². The van der Waals surface area contributed by atoms with Crippen LogP contribution in [-0.4, -0.2) is 11.4 Å². The van der Waals surface area contributed by atoms with Gasteiger partial charge >= 0.3 is 0 Å². The third kappa shape index (κ3) is 4.18. The Bertz CT molecular complexity index is 501. The molecule has 1 fully saturated rings. The number of nitrogens with one attached hydrogen (secondary N) is 1. The first-order valence-corrected chi connectivity index (χ1v) is 6.84. The van der Waals surface area contributed by atoms with Crippen molar-refractivity contribution in [3.8, 4) is 6.07 Å². The number of aryl methyl sites for hydroxylation is 1. The molecule has 0 heterocycles. The zero-order chi connectivity index (χ0) is 13.7. The van der Waals surface area contributed by atoms with E-state index in [9.17, 15) is 10.1 Å². The summed E-state index contributed by atoms with van der Waals surface area (Å²) < 4.78 is 0. The fraction of sp³-hybridized carbons (Fsp3) is 0.500. The first kappa shape index (κ1) is 16.9. The molecule has 0 aromatic heterocycles. The van der Waals surface area contributed by atoms with Gasteiger partial charge in [0.25, 0.3) is 0 Å². The van der Waals surface area contributed by atoms with E-state index in [1.165, 1.54) is 0 Å². The van der Waals surface area contributed by atoms with Crippen molar-refractivity contribution in [3.63, 3.8) is 0 Å². The van der Waals surface area contributed by atoms with Gasteiger partial charge in [-0.3, -0.25) is 4.79 Å². The van der Waals surface area contributed by atoms with E-state index in [0.717, 1.165) is 43.2 Å². The van der Waals surface area contributed by atoms with Crippen LogP contribution in [0.5, 0.6) is 0 Å². The molecule has 0 atom stereocenters. The molecule has 0 unspecified atom stereocenters. The first-order chi connectivity index (χ1) is 9.15. The molecule has 0 aliphatic heterocycles. The van der Waals surface area contributed by atoms with Crippen molar-refractivity contribution in [2.75, 3.05) is 0 Å². The minimum absolute atomic E-state index is 0. The average Bonchev–Trinajstić information content (AvgIpc) is 2.42. The zero-order valence-corrected chi connectivity index (χ0v) is 14.7. The molecule has 1 amide bonds. The summed E-state index contributed by atoms with van der Waals surface area (Å²) in [4.78, 5) is 12.1. The smallest absolute Gasteiger partial charge is 0.223 e. The van der Waals surface area contributed by atoms with Gasteiger partial charge in [-0.25, -0.2) is 0 Å². The van der Waals surface area contributed by atoms with Crippen LogP contribution in [0.4, 0.5) is 0 Å². The van der Waals surface area contributed by atoms with E-state index in [2.05, 4.69) is 17.5 Å². The molecule has 0 spiro atoms. The Morgan fingerprint density at radius 3 is 2.75 bits per heavy atom.